The minimum absolute atomic E-state index is 0.137. The molecule has 0 atom stereocenters. The smallest absolute Gasteiger partial charge is 0.330 e. The van der Waals surface area contributed by atoms with Crippen LogP contribution in [0.1, 0.15) is 33.3 Å². The number of nitrogens with one attached hydrogen (secondary N) is 1. The Kier molecular flexibility index (Phi) is 5.80. The third kappa shape index (κ3) is 4.10. The highest BCUT2D eigenvalue weighted by atomic mass is 28.4. The summed E-state index contributed by atoms with van der Waals surface area (Å²) in [5, 5.41) is 0.137. The van der Waals surface area contributed by atoms with E-state index in [2.05, 4.69) is 38.8 Å². The van der Waals surface area contributed by atoms with E-state index in [1.807, 2.05) is 6.92 Å². The largest absolute Gasteiger partial charge is 0.476 e. The zero-order valence-electron chi connectivity index (χ0n) is 14.7. The van der Waals surface area contributed by atoms with Crippen molar-refractivity contribution in [3.05, 3.63) is 26.4 Å². The third-order valence-corrected chi connectivity index (χ3v) is 8.85. The Hall–Kier alpha value is -1.34. The summed E-state index contributed by atoms with van der Waals surface area (Å²) in [5.41, 5.74) is -0.302. The zero-order valence-corrected chi connectivity index (χ0v) is 15.7. The van der Waals surface area contributed by atoms with E-state index in [0.29, 0.717) is 25.2 Å². The number of ether oxygens (including phenoxy) is 1. The topological polar surface area (TPSA) is 73.3 Å². The molecular weight excluding hydrogens is 300 g/mol. The number of aromatic nitrogens is 2. The first-order valence-corrected chi connectivity index (χ1v) is 10.5. The predicted molar refractivity (Wildman–Crippen MR) is 90.3 cm³/mol. The van der Waals surface area contributed by atoms with Crippen LogP contribution in [-0.4, -0.2) is 31.1 Å². The van der Waals surface area contributed by atoms with Gasteiger partial charge in [-0.05, 0) is 24.6 Å². The molecule has 0 saturated heterocycles. The first kappa shape index (κ1) is 18.7. The summed E-state index contributed by atoms with van der Waals surface area (Å²) in [6.07, 6.45) is 0.502. The Labute approximate surface area is 132 Å². The van der Waals surface area contributed by atoms with E-state index in [1.165, 1.54) is 7.05 Å². The number of aromatic amines is 1. The first-order chi connectivity index (χ1) is 10.0. The summed E-state index contributed by atoms with van der Waals surface area (Å²) < 4.78 is 12.6. The molecule has 1 N–H and O–H groups in total. The number of hydrogen-bond donors (Lipinski definition) is 1. The highest BCUT2D eigenvalue weighted by Crippen LogP contribution is 2.36. The van der Waals surface area contributed by atoms with Crippen molar-refractivity contribution in [2.45, 2.75) is 52.2 Å². The van der Waals surface area contributed by atoms with Crippen LogP contribution in [0.4, 0.5) is 0 Å². The summed E-state index contributed by atoms with van der Waals surface area (Å²) in [7, 11) is -0.364. The number of nitrogens with zero attached hydrogens (tertiary/aromatic N) is 1. The van der Waals surface area contributed by atoms with Crippen LogP contribution < -0.4 is 16.0 Å². The fraction of sp³-hybridized carbons (Fsp3) is 0.733. The lowest BCUT2D eigenvalue weighted by Crippen LogP contribution is -2.41. The standard InChI is InChI=1S/C15H28N2O4Si/c1-8-11-12(16-14(19)17(5)13(11)18)20-9-10-21-22(6,7)15(2,3)4/h8-10H2,1-7H3,(H,16,19). The van der Waals surface area contributed by atoms with Crippen molar-refractivity contribution >= 4 is 8.32 Å². The molecule has 0 aromatic carbocycles. The van der Waals surface area contributed by atoms with Gasteiger partial charge in [0.05, 0.1) is 12.2 Å². The molecule has 126 valence electrons. The second kappa shape index (κ2) is 6.83. The molecule has 6 nitrogen and oxygen atoms in total. The Bertz CT molecular complexity index is 626. The molecule has 7 heteroatoms. The molecule has 1 heterocycles. The van der Waals surface area contributed by atoms with Gasteiger partial charge in [-0.1, -0.05) is 27.7 Å². The van der Waals surface area contributed by atoms with E-state index in [0.717, 1.165) is 4.57 Å². The number of rotatable bonds is 6. The minimum Gasteiger partial charge on any atom is -0.476 e. The monoisotopic (exact) mass is 328 g/mol. The highest BCUT2D eigenvalue weighted by molar-refractivity contribution is 6.74. The average Bonchev–Trinajstić information content (AvgIpc) is 2.40. The SMILES string of the molecule is CCc1c(OCCO[Si](C)(C)C(C)(C)C)[nH]c(=O)n(C)c1=O. The maximum Gasteiger partial charge on any atom is 0.330 e. The molecule has 1 aromatic rings. The fourth-order valence-corrected chi connectivity index (χ4v) is 2.77. The van der Waals surface area contributed by atoms with Crippen LogP contribution in [0.5, 0.6) is 5.88 Å². The lowest BCUT2D eigenvalue weighted by Gasteiger charge is -2.36. The van der Waals surface area contributed by atoms with Gasteiger partial charge in [0, 0.05) is 7.05 Å². The molecule has 0 saturated carbocycles. The van der Waals surface area contributed by atoms with E-state index in [9.17, 15) is 9.59 Å². The molecule has 0 unspecified atom stereocenters. The van der Waals surface area contributed by atoms with Crippen LogP contribution in [0, 0.1) is 0 Å². The first-order valence-electron chi connectivity index (χ1n) is 7.60. The molecule has 22 heavy (non-hydrogen) atoms. The van der Waals surface area contributed by atoms with Gasteiger partial charge in [-0.3, -0.25) is 14.3 Å². The molecule has 1 rings (SSSR count). The van der Waals surface area contributed by atoms with Crippen molar-refractivity contribution in [1.82, 2.24) is 9.55 Å². The summed E-state index contributed by atoms with van der Waals surface area (Å²) in [5.74, 6) is 0.259. The van der Waals surface area contributed by atoms with Crippen molar-refractivity contribution < 1.29 is 9.16 Å². The molecule has 0 spiro atoms. The quantitative estimate of drug-likeness (QED) is 0.640. The van der Waals surface area contributed by atoms with Crippen molar-refractivity contribution in [2.24, 2.45) is 7.05 Å². The van der Waals surface area contributed by atoms with Crippen molar-refractivity contribution in [2.75, 3.05) is 13.2 Å². The molecule has 0 bridgehead atoms. The van der Waals surface area contributed by atoms with Gasteiger partial charge in [-0.2, -0.15) is 0 Å². The van der Waals surface area contributed by atoms with Crippen LogP contribution in [0.2, 0.25) is 18.1 Å². The van der Waals surface area contributed by atoms with Gasteiger partial charge in [0.25, 0.3) is 5.56 Å². The fourth-order valence-electron chi connectivity index (χ4n) is 1.74. The lowest BCUT2D eigenvalue weighted by atomic mass is 10.2. The van der Waals surface area contributed by atoms with Gasteiger partial charge < -0.3 is 9.16 Å². The molecule has 0 fully saturated rings. The van der Waals surface area contributed by atoms with E-state index in [1.54, 1.807) is 0 Å². The summed E-state index contributed by atoms with van der Waals surface area (Å²) in [6.45, 7) is 13.5. The normalized spacial score (nSPS) is 12.5. The molecular formula is C15H28N2O4Si. The van der Waals surface area contributed by atoms with Crippen LogP contribution >= 0.6 is 0 Å². The van der Waals surface area contributed by atoms with Gasteiger partial charge >= 0.3 is 5.69 Å². The molecule has 0 amide bonds. The number of hydrogen-bond acceptors (Lipinski definition) is 4. The maximum atomic E-state index is 12.0. The molecule has 0 aliphatic rings. The van der Waals surface area contributed by atoms with Gasteiger partial charge in [0.1, 0.15) is 6.61 Å². The average molecular weight is 328 g/mol. The van der Waals surface area contributed by atoms with Gasteiger partial charge in [0.15, 0.2) is 8.32 Å². The number of H-pyrrole nitrogens is 1. The molecule has 0 aliphatic heterocycles. The van der Waals surface area contributed by atoms with Crippen molar-refractivity contribution in [3.8, 4) is 5.88 Å². The Morgan fingerprint density at radius 2 is 1.77 bits per heavy atom. The Morgan fingerprint density at radius 1 is 1.18 bits per heavy atom. The minimum atomic E-state index is -1.81. The maximum absolute atomic E-state index is 12.0. The van der Waals surface area contributed by atoms with E-state index in [4.69, 9.17) is 9.16 Å². The van der Waals surface area contributed by atoms with Crippen LogP contribution in [0.25, 0.3) is 0 Å². The van der Waals surface area contributed by atoms with Gasteiger partial charge in [-0.25, -0.2) is 4.79 Å². The van der Waals surface area contributed by atoms with Crippen LogP contribution in [0.3, 0.4) is 0 Å². The Morgan fingerprint density at radius 3 is 2.27 bits per heavy atom. The second-order valence-electron chi connectivity index (χ2n) is 6.91. The molecule has 0 aliphatic carbocycles. The molecule has 0 radical (unpaired) electrons. The predicted octanol–water partition coefficient (Wildman–Crippen LogP) is 2.04. The zero-order chi connectivity index (χ0) is 17.1. The van der Waals surface area contributed by atoms with E-state index in [-0.39, 0.29) is 16.5 Å². The van der Waals surface area contributed by atoms with Gasteiger partial charge in [-0.15, -0.1) is 0 Å². The van der Waals surface area contributed by atoms with Gasteiger partial charge in [0.2, 0.25) is 5.88 Å². The summed E-state index contributed by atoms with van der Waals surface area (Å²) >= 11 is 0. The van der Waals surface area contributed by atoms with Crippen LogP contribution in [0.15, 0.2) is 9.59 Å². The summed E-state index contributed by atoms with van der Waals surface area (Å²) in [6, 6.07) is 0. The highest BCUT2D eigenvalue weighted by Gasteiger charge is 2.36. The van der Waals surface area contributed by atoms with Crippen molar-refractivity contribution in [1.29, 1.82) is 0 Å². The van der Waals surface area contributed by atoms with Crippen LogP contribution in [-0.2, 0) is 17.9 Å². The lowest BCUT2D eigenvalue weighted by molar-refractivity contribution is 0.197. The third-order valence-electron chi connectivity index (χ3n) is 4.31. The van der Waals surface area contributed by atoms with E-state index >= 15 is 0 Å². The van der Waals surface area contributed by atoms with Crippen molar-refractivity contribution in [3.63, 3.8) is 0 Å². The molecule has 1 aromatic heterocycles. The summed E-state index contributed by atoms with van der Waals surface area (Å²) in [4.78, 5) is 26.3. The Balaban J connectivity index is 2.75. The second-order valence-corrected chi connectivity index (χ2v) is 11.7. The van der Waals surface area contributed by atoms with E-state index < -0.39 is 14.0 Å².